The number of aromatic amines is 1. The molecule has 0 bridgehead atoms. The zero-order chi connectivity index (χ0) is 22.5. The third-order valence-corrected chi connectivity index (χ3v) is 6.23. The van der Waals surface area contributed by atoms with Crippen LogP contribution >= 0.6 is 11.3 Å². The number of thiophene rings is 1. The van der Waals surface area contributed by atoms with Gasteiger partial charge >= 0.3 is 5.97 Å². The Morgan fingerprint density at radius 1 is 1.22 bits per heavy atom. The number of benzene rings is 1. The molecule has 1 aromatic carbocycles. The molecule has 32 heavy (non-hydrogen) atoms. The van der Waals surface area contributed by atoms with Crippen LogP contribution in [-0.4, -0.2) is 41.3 Å². The maximum Gasteiger partial charge on any atom is 0.337 e. The molecular weight excluding hydrogens is 424 g/mol. The van der Waals surface area contributed by atoms with Crippen LogP contribution in [0.25, 0.3) is 22.5 Å². The van der Waals surface area contributed by atoms with Gasteiger partial charge in [0.05, 0.1) is 17.5 Å². The molecule has 2 N–H and O–H groups in total. The topological polar surface area (TPSA) is 110 Å². The summed E-state index contributed by atoms with van der Waals surface area (Å²) >= 11 is 1.43. The number of carbonyl (C=O) groups is 1. The van der Waals surface area contributed by atoms with Crippen LogP contribution in [0.4, 0.5) is 0 Å². The smallest absolute Gasteiger partial charge is 0.337 e. The van der Waals surface area contributed by atoms with Crippen LogP contribution in [0, 0.1) is 0 Å². The highest BCUT2D eigenvalue weighted by atomic mass is 32.1. The van der Waals surface area contributed by atoms with E-state index in [1.165, 1.54) is 11.3 Å². The van der Waals surface area contributed by atoms with Crippen molar-refractivity contribution in [1.29, 1.82) is 0 Å². The van der Waals surface area contributed by atoms with Gasteiger partial charge in [0.1, 0.15) is 5.82 Å². The summed E-state index contributed by atoms with van der Waals surface area (Å²) < 4.78 is 2.13. The second-order valence-electron chi connectivity index (χ2n) is 7.48. The SMILES string of the molecule is CCCCc1ncc(C(C)=C(C(=O)O)c2cccs2)n1Cc1ccc(-c2nnn[nH]2)cc1. The van der Waals surface area contributed by atoms with Crippen LogP contribution in [0.5, 0.6) is 0 Å². The molecule has 3 heterocycles. The van der Waals surface area contributed by atoms with E-state index >= 15 is 0 Å². The van der Waals surface area contributed by atoms with Gasteiger partial charge in [-0.15, -0.1) is 16.4 Å². The number of aromatic nitrogens is 6. The highest BCUT2D eigenvalue weighted by Gasteiger charge is 2.20. The van der Waals surface area contributed by atoms with Crippen LogP contribution in [0.2, 0.25) is 0 Å². The third-order valence-electron chi connectivity index (χ3n) is 5.35. The summed E-state index contributed by atoms with van der Waals surface area (Å²) in [6, 6.07) is 11.7. The second kappa shape index (κ2) is 9.69. The van der Waals surface area contributed by atoms with E-state index in [2.05, 4.69) is 37.1 Å². The minimum absolute atomic E-state index is 0.316. The Morgan fingerprint density at radius 2 is 2.03 bits per heavy atom. The lowest BCUT2D eigenvalue weighted by Gasteiger charge is -2.15. The summed E-state index contributed by atoms with van der Waals surface area (Å²) in [6.45, 7) is 4.61. The average Bonchev–Trinajstić information content (AvgIpc) is 3.55. The normalized spacial score (nSPS) is 12.1. The molecule has 0 radical (unpaired) electrons. The summed E-state index contributed by atoms with van der Waals surface area (Å²) in [6.07, 6.45) is 4.72. The number of allylic oxidation sites excluding steroid dienone is 1. The van der Waals surface area contributed by atoms with Crippen molar-refractivity contribution < 1.29 is 9.90 Å². The average molecular weight is 449 g/mol. The lowest BCUT2D eigenvalue weighted by Crippen LogP contribution is -2.10. The number of nitrogens with one attached hydrogen (secondary N) is 1. The molecular formula is C23H24N6O2S. The van der Waals surface area contributed by atoms with Crippen molar-refractivity contribution in [3.05, 3.63) is 69.9 Å². The fourth-order valence-corrected chi connectivity index (χ4v) is 4.47. The summed E-state index contributed by atoms with van der Waals surface area (Å²) in [5.41, 5.74) is 3.83. The van der Waals surface area contributed by atoms with E-state index in [-0.39, 0.29) is 0 Å². The summed E-state index contributed by atoms with van der Waals surface area (Å²) in [5.74, 6) is 0.641. The van der Waals surface area contributed by atoms with Gasteiger partial charge in [-0.25, -0.2) is 14.9 Å². The van der Waals surface area contributed by atoms with E-state index in [1.807, 2.05) is 48.7 Å². The summed E-state index contributed by atoms with van der Waals surface area (Å²) in [4.78, 5) is 17.5. The van der Waals surface area contributed by atoms with Gasteiger partial charge in [0.15, 0.2) is 5.82 Å². The minimum atomic E-state index is -0.933. The second-order valence-corrected chi connectivity index (χ2v) is 8.43. The minimum Gasteiger partial charge on any atom is -0.478 e. The summed E-state index contributed by atoms with van der Waals surface area (Å²) in [7, 11) is 0. The lowest BCUT2D eigenvalue weighted by atomic mass is 10.0. The molecule has 8 nitrogen and oxygen atoms in total. The van der Waals surface area contributed by atoms with E-state index in [9.17, 15) is 9.90 Å². The third kappa shape index (κ3) is 4.52. The van der Waals surface area contributed by atoms with Gasteiger partial charge in [0, 0.05) is 23.4 Å². The van der Waals surface area contributed by atoms with E-state index < -0.39 is 5.97 Å². The molecule has 0 aliphatic rings. The molecule has 4 rings (SSSR count). The Kier molecular flexibility index (Phi) is 6.55. The van der Waals surface area contributed by atoms with Crippen molar-refractivity contribution in [2.45, 2.75) is 39.7 Å². The van der Waals surface area contributed by atoms with Gasteiger partial charge in [0.2, 0.25) is 0 Å². The van der Waals surface area contributed by atoms with Gasteiger partial charge < -0.3 is 9.67 Å². The maximum absolute atomic E-state index is 12.1. The number of imidazole rings is 1. The molecule has 4 aromatic rings. The lowest BCUT2D eigenvalue weighted by molar-refractivity contribution is -0.130. The molecule has 0 atom stereocenters. The monoisotopic (exact) mass is 448 g/mol. The number of unbranched alkanes of at least 4 members (excludes halogenated alkanes) is 1. The van der Waals surface area contributed by atoms with Crippen LogP contribution < -0.4 is 0 Å². The van der Waals surface area contributed by atoms with Crippen LogP contribution in [0.1, 0.15) is 48.6 Å². The number of carboxylic acid groups (broad SMARTS) is 1. The van der Waals surface area contributed by atoms with Crippen molar-refractivity contribution in [3.63, 3.8) is 0 Å². The number of hydrogen-bond donors (Lipinski definition) is 2. The van der Waals surface area contributed by atoms with E-state index in [1.54, 1.807) is 6.20 Å². The fraction of sp³-hybridized carbons (Fsp3) is 0.261. The van der Waals surface area contributed by atoms with Crippen LogP contribution in [0.3, 0.4) is 0 Å². The zero-order valence-electron chi connectivity index (χ0n) is 17.9. The van der Waals surface area contributed by atoms with E-state index in [0.29, 0.717) is 23.5 Å². The molecule has 0 saturated heterocycles. The zero-order valence-corrected chi connectivity index (χ0v) is 18.8. The molecule has 3 aromatic heterocycles. The largest absolute Gasteiger partial charge is 0.478 e. The van der Waals surface area contributed by atoms with Gasteiger partial charge in [-0.2, -0.15) is 0 Å². The molecule has 0 saturated carbocycles. The highest BCUT2D eigenvalue weighted by Crippen LogP contribution is 2.30. The van der Waals surface area contributed by atoms with Gasteiger partial charge in [-0.3, -0.25) is 0 Å². The van der Waals surface area contributed by atoms with Crippen LogP contribution in [0.15, 0.2) is 48.0 Å². The molecule has 9 heteroatoms. The molecule has 0 unspecified atom stereocenters. The Bertz CT molecular complexity index is 1210. The van der Waals surface area contributed by atoms with Gasteiger partial charge in [-0.05, 0) is 46.4 Å². The van der Waals surface area contributed by atoms with Crippen molar-refractivity contribution in [3.8, 4) is 11.4 Å². The first-order valence-corrected chi connectivity index (χ1v) is 11.3. The predicted octanol–water partition coefficient (Wildman–Crippen LogP) is 4.53. The molecule has 0 amide bonds. The molecule has 0 spiro atoms. The Hall–Kier alpha value is -3.59. The number of H-pyrrole nitrogens is 1. The number of aryl methyl sites for hydroxylation is 1. The van der Waals surface area contributed by atoms with E-state index in [4.69, 9.17) is 0 Å². The van der Waals surface area contributed by atoms with Crippen molar-refractivity contribution in [2.75, 3.05) is 0 Å². The number of nitrogens with zero attached hydrogens (tertiary/aromatic N) is 5. The summed E-state index contributed by atoms with van der Waals surface area (Å²) in [5, 5.41) is 25.8. The predicted molar refractivity (Wildman–Crippen MR) is 124 cm³/mol. The molecule has 0 aliphatic carbocycles. The van der Waals surface area contributed by atoms with E-state index in [0.717, 1.165) is 46.8 Å². The number of hydrogen-bond acceptors (Lipinski definition) is 6. The molecule has 0 aliphatic heterocycles. The molecule has 0 fully saturated rings. The standard InChI is InChI=1S/C23H24N6O2S/c1-3-4-7-20-24-13-18(15(2)21(23(30)31)19-6-5-12-32-19)29(20)14-16-8-10-17(11-9-16)22-25-27-28-26-22/h5-6,8-13H,3-4,7,14H2,1-2H3,(H,30,31)(H,25,26,27,28). The van der Waals surface area contributed by atoms with Gasteiger partial charge in [0.25, 0.3) is 0 Å². The van der Waals surface area contributed by atoms with Crippen molar-refractivity contribution >= 4 is 28.5 Å². The first-order chi connectivity index (χ1) is 15.6. The first-order valence-electron chi connectivity index (χ1n) is 10.4. The quantitative estimate of drug-likeness (QED) is 0.364. The molecule has 164 valence electrons. The number of rotatable bonds is 9. The van der Waals surface area contributed by atoms with Gasteiger partial charge in [-0.1, -0.05) is 43.7 Å². The maximum atomic E-state index is 12.1. The van der Waals surface area contributed by atoms with Crippen LogP contribution in [-0.2, 0) is 17.8 Å². The Balaban J connectivity index is 1.73. The van der Waals surface area contributed by atoms with Crippen molar-refractivity contribution in [1.82, 2.24) is 30.2 Å². The highest BCUT2D eigenvalue weighted by molar-refractivity contribution is 7.11. The number of carboxylic acids is 1. The number of aliphatic carboxylic acids is 1. The first kappa shape index (κ1) is 21.6. The Morgan fingerprint density at radius 3 is 2.66 bits per heavy atom. The fourth-order valence-electron chi connectivity index (χ4n) is 3.66. The Labute approximate surface area is 189 Å². The van der Waals surface area contributed by atoms with Crippen molar-refractivity contribution in [2.24, 2.45) is 0 Å². The number of tetrazole rings is 1.